The molecule has 4 heteroatoms. The summed E-state index contributed by atoms with van der Waals surface area (Å²) in [6, 6.07) is 0.559. The van der Waals surface area contributed by atoms with Gasteiger partial charge in [-0.25, -0.2) is 4.98 Å². The Morgan fingerprint density at radius 2 is 2.05 bits per heavy atom. The fourth-order valence-electron chi connectivity index (χ4n) is 1.77. The molecule has 0 aliphatic rings. The average Bonchev–Trinajstić information content (AvgIpc) is 2.71. The average molecular weight is 301 g/mol. The van der Waals surface area contributed by atoms with Crippen molar-refractivity contribution in [3.05, 3.63) is 15.6 Å². The van der Waals surface area contributed by atoms with E-state index in [1.807, 2.05) is 11.3 Å². The zero-order valence-electron chi connectivity index (χ0n) is 13.0. The lowest BCUT2D eigenvalue weighted by Gasteiger charge is -2.19. The maximum absolute atomic E-state index is 4.67. The van der Waals surface area contributed by atoms with Crippen molar-refractivity contribution in [2.45, 2.75) is 65.2 Å². The molecule has 1 rings (SSSR count). The molecular formula is C15H28N2S2. The number of nitrogens with one attached hydrogen (secondary N) is 1. The lowest BCUT2D eigenvalue weighted by molar-refractivity contribution is 0.548. The fraction of sp³-hybridized carbons (Fsp3) is 0.800. The number of thiazole rings is 1. The third-order valence-electron chi connectivity index (χ3n) is 3.33. The molecule has 0 aliphatic carbocycles. The number of aryl methyl sites for hydroxylation is 2. The van der Waals surface area contributed by atoms with Gasteiger partial charge in [0.2, 0.25) is 0 Å². The van der Waals surface area contributed by atoms with Crippen molar-refractivity contribution in [1.82, 2.24) is 10.3 Å². The van der Waals surface area contributed by atoms with Crippen molar-refractivity contribution >= 4 is 23.1 Å². The maximum atomic E-state index is 4.67. The van der Waals surface area contributed by atoms with E-state index in [2.05, 4.69) is 56.7 Å². The number of hydrogen-bond donors (Lipinski definition) is 1. The van der Waals surface area contributed by atoms with E-state index in [0.717, 1.165) is 18.2 Å². The van der Waals surface area contributed by atoms with E-state index in [1.165, 1.54) is 34.2 Å². The molecule has 110 valence electrons. The predicted octanol–water partition coefficient (Wildman–Crippen LogP) is 4.20. The van der Waals surface area contributed by atoms with Crippen molar-refractivity contribution in [2.75, 3.05) is 12.3 Å². The Morgan fingerprint density at radius 1 is 1.32 bits per heavy atom. The zero-order chi connectivity index (χ0) is 14.3. The first-order chi connectivity index (χ1) is 9.06. The van der Waals surface area contributed by atoms with E-state index >= 15 is 0 Å². The summed E-state index contributed by atoms with van der Waals surface area (Å²) in [5, 5.41) is 5.71. The molecule has 0 saturated heterocycles. The molecule has 0 saturated carbocycles. The highest BCUT2D eigenvalue weighted by atomic mass is 32.2. The highest BCUT2D eigenvalue weighted by molar-refractivity contribution is 7.99. The Hall–Kier alpha value is -0.0600. The van der Waals surface area contributed by atoms with Crippen molar-refractivity contribution < 1.29 is 0 Å². The summed E-state index contributed by atoms with van der Waals surface area (Å²) in [6.07, 6.45) is 3.52. The summed E-state index contributed by atoms with van der Waals surface area (Å²) < 4.78 is 0. The summed E-state index contributed by atoms with van der Waals surface area (Å²) in [5.74, 6) is 1.19. The van der Waals surface area contributed by atoms with Gasteiger partial charge in [0.15, 0.2) is 0 Å². The van der Waals surface area contributed by atoms with Crippen LogP contribution in [0, 0.1) is 13.8 Å². The Morgan fingerprint density at radius 3 is 2.58 bits per heavy atom. The highest BCUT2D eigenvalue weighted by Gasteiger charge is 2.14. The molecule has 0 spiro atoms. The number of aromatic nitrogens is 1. The van der Waals surface area contributed by atoms with Crippen LogP contribution in [-0.2, 0) is 6.42 Å². The van der Waals surface area contributed by atoms with Crippen molar-refractivity contribution in [3.63, 3.8) is 0 Å². The first kappa shape index (κ1) is 17.0. The second kappa shape index (κ2) is 8.98. The fourth-order valence-corrected chi connectivity index (χ4v) is 3.82. The lowest BCUT2D eigenvalue weighted by atomic mass is 10.2. The van der Waals surface area contributed by atoms with Gasteiger partial charge < -0.3 is 5.32 Å². The molecule has 2 atom stereocenters. The standard InChI is InChI=1S/C15H28N2S2/c1-6-8-16-14(10-18-11(3)7-2)9-15-17-12(4)13(5)19-15/h11,14,16H,6-10H2,1-5H3. The largest absolute Gasteiger partial charge is 0.313 e. The van der Waals surface area contributed by atoms with E-state index in [0.29, 0.717) is 6.04 Å². The van der Waals surface area contributed by atoms with Crippen LogP contribution in [0.25, 0.3) is 0 Å². The Labute approximate surface area is 126 Å². The van der Waals surface area contributed by atoms with Crippen LogP contribution in [0.2, 0.25) is 0 Å². The second-order valence-corrected chi connectivity index (χ2v) is 7.92. The van der Waals surface area contributed by atoms with Crippen LogP contribution in [0.1, 0.15) is 49.2 Å². The van der Waals surface area contributed by atoms with Crippen LogP contribution in [0.3, 0.4) is 0 Å². The van der Waals surface area contributed by atoms with Crippen molar-refractivity contribution in [1.29, 1.82) is 0 Å². The van der Waals surface area contributed by atoms with E-state index in [1.54, 1.807) is 0 Å². The monoisotopic (exact) mass is 300 g/mol. The Bertz CT molecular complexity index is 344. The van der Waals surface area contributed by atoms with Gasteiger partial charge in [0.1, 0.15) is 0 Å². The van der Waals surface area contributed by atoms with E-state index in [9.17, 15) is 0 Å². The highest BCUT2D eigenvalue weighted by Crippen LogP contribution is 2.20. The smallest absolute Gasteiger partial charge is 0.0946 e. The molecule has 0 aliphatic heterocycles. The van der Waals surface area contributed by atoms with Crippen molar-refractivity contribution in [3.8, 4) is 0 Å². The molecule has 0 aromatic carbocycles. The molecule has 1 N–H and O–H groups in total. The van der Waals surface area contributed by atoms with Gasteiger partial charge >= 0.3 is 0 Å². The quantitative estimate of drug-likeness (QED) is 0.740. The van der Waals surface area contributed by atoms with Gasteiger partial charge in [0, 0.05) is 28.3 Å². The molecule has 0 radical (unpaired) electrons. The third-order valence-corrected chi connectivity index (χ3v) is 5.93. The van der Waals surface area contributed by atoms with Crippen molar-refractivity contribution in [2.24, 2.45) is 0 Å². The minimum atomic E-state index is 0.559. The predicted molar refractivity (Wildman–Crippen MR) is 89.6 cm³/mol. The molecule has 2 unspecified atom stereocenters. The minimum absolute atomic E-state index is 0.559. The van der Waals surface area contributed by atoms with Gasteiger partial charge in [0.25, 0.3) is 0 Å². The van der Waals surface area contributed by atoms with Gasteiger partial charge in [-0.2, -0.15) is 11.8 Å². The molecule has 1 heterocycles. The summed E-state index contributed by atoms with van der Waals surface area (Å²) in [7, 11) is 0. The Kier molecular flexibility index (Phi) is 8.03. The molecule has 0 fully saturated rings. The third kappa shape index (κ3) is 6.28. The van der Waals surface area contributed by atoms with E-state index < -0.39 is 0 Å². The summed E-state index contributed by atoms with van der Waals surface area (Å²) in [4.78, 5) is 6.03. The van der Waals surface area contributed by atoms with Gasteiger partial charge in [-0.15, -0.1) is 11.3 Å². The number of nitrogens with zero attached hydrogens (tertiary/aromatic N) is 1. The van der Waals surface area contributed by atoms with Crippen LogP contribution < -0.4 is 5.32 Å². The van der Waals surface area contributed by atoms with Gasteiger partial charge in [-0.1, -0.05) is 20.8 Å². The molecule has 0 amide bonds. The topological polar surface area (TPSA) is 24.9 Å². The van der Waals surface area contributed by atoms with Crippen LogP contribution in [-0.4, -0.2) is 28.6 Å². The molecule has 2 nitrogen and oxygen atoms in total. The first-order valence-corrected chi connectivity index (χ1v) is 9.21. The maximum Gasteiger partial charge on any atom is 0.0946 e. The normalized spacial score (nSPS) is 14.6. The SMILES string of the molecule is CCCNC(CSC(C)CC)Cc1nc(C)c(C)s1. The molecule has 1 aromatic heterocycles. The first-order valence-electron chi connectivity index (χ1n) is 7.34. The number of hydrogen-bond acceptors (Lipinski definition) is 4. The molecular weight excluding hydrogens is 272 g/mol. The van der Waals surface area contributed by atoms with Crippen LogP contribution in [0.4, 0.5) is 0 Å². The van der Waals surface area contributed by atoms with E-state index in [4.69, 9.17) is 0 Å². The number of thioether (sulfide) groups is 1. The molecule has 19 heavy (non-hydrogen) atoms. The Balaban J connectivity index is 2.52. The van der Waals surface area contributed by atoms with Crippen LogP contribution >= 0.6 is 23.1 Å². The minimum Gasteiger partial charge on any atom is -0.313 e. The van der Waals surface area contributed by atoms with Gasteiger partial charge in [0.05, 0.1) is 10.7 Å². The zero-order valence-corrected chi connectivity index (χ0v) is 14.6. The lowest BCUT2D eigenvalue weighted by Crippen LogP contribution is -2.34. The van der Waals surface area contributed by atoms with Gasteiger partial charge in [-0.05, 0) is 33.2 Å². The molecule has 1 aromatic rings. The van der Waals surface area contributed by atoms with Crippen LogP contribution in [0.15, 0.2) is 0 Å². The van der Waals surface area contributed by atoms with Crippen LogP contribution in [0.5, 0.6) is 0 Å². The van der Waals surface area contributed by atoms with E-state index in [-0.39, 0.29) is 0 Å². The van der Waals surface area contributed by atoms with Gasteiger partial charge in [-0.3, -0.25) is 0 Å². The second-order valence-electron chi connectivity index (χ2n) is 5.16. The summed E-state index contributed by atoms with van der Waals surface area (Å²) >= 11 is 3.94. The molecule has 0 bridgehead atoms. The summed E-state index contributed by atoms with van der Waals surface area (Å²) in [6.45, 7) is 12.2. The summed E-state index contributed by atoms with van der Waals surface area (Å²) in [5.41, 5.74) is 1.20. The number of rotatable bonds is 9.